The maximum atomic E-state index is 12.5. The summed E-state index contributed by atoms with van der Waals surface area (Å²) in [5.74, 6) is 1.13. The molecule has 6 rings (SSSR count). The third-order valence-electron chi connectivity index (χ3n) is 8.36. The number of amides is 1. The van der Waals surface area contributed by atoms with Crippen molar-refractivity contribution in [3.8, 4) is 0 Å². The first-order chi connectivity index (χ1) is 16.6. The summed E-state index contributed by atoms with van der Waals surface area (Å²) in [6, 6.07) is 9.57. The number of thioether (sulfide) groups is 1. The first-order valence-electron chi connectivity index (χ1n) is 12.4. The maximum absolute atomic E-state index is 12.5. The van der Waals surface area contributed by atoms with Crippen LogP contribution >= 0.6 is 11.8 Å². The number of piperazine rings is 1. The van der Waals surface area contributed by atoms with Gasteiger partial charge < -0.3 is 14.5 Å². The van der Waals surface area contributed by atoms with Crippen molar-refractivity contribution >= 4 is 23.7 Å². The third kappa shape index (κ3) is 3.51. The Morgan fingerprint density at radius 2 is 1.97 bits per heavy atom. The van der Waals surface area contributed by atoms with Gasteiger partial charge in [-0.15, -0.1) is 0 Å². The molecule has 2 saturated heterocycles. The van der Waals surface area contributed by atoms with Gasteiger partial charge in [0.1, 0.15) is 12.4 Å². The Labute approximate surface area is 205 Å². The molecule has 0 saturated carbocycles. The van der Waals surface area contributed by atoms with E-state index in [1.165, 1.54) is 29.7 Å². The van der Waals surface area contributed by atoms with Crippen molar-refractivity contribution in [2.75, 3.05) is 30.9 Å². The number of ether oxygens (including phenoxy) is 1. The zero-order valence-corrected chi connectivity index (χ0v) is 20.6. The number of carbonyl (C=O) groups is 1. The zero-order chi connectivity index (χ0) is 23.3. The highest BCUT2D eigenvalue weighted by atomic mass is 32.2. The number of aryl methyl sites for hydroxylation is 1. The molecule has 6 nitrogen and oxygen atoms in total. The van der Waals surface area contributed by atoms with Crippen molar-refractivity contribution in [3.63, 3.8) is 0 Å². The summed E-state index contributed by atoms with van der Waals surface area (Å²) in [6.07, 6.45) is 11.2. The lowest BCUT2D eigenvalue weighted by molar-refractivity contribution is 0.103. The van der Waals surface area contributed by atoms with Gasteiger partial charge in [-0.2, -0.15) is 0 Å². The highest BCUT2D eigenvalue weighted by Crippen LogP contribution is 2.49. The van der Waals surface area contributed by atoms with Gasteiger partial charge in [0.15, 0.2) is 5.16 Å². The minimum Gasteiger partial charge on any atom is -0.445 e. The number of fused-ring (bicyclic) bond motifs is 5. The number of rotatable bonds is 4. The summed E-state index contributed by atoms with van der Waals surface area (Å²) in [5, 5.41) is 0.865. The average molecular weight is 477 g/mol. The van der Waals surface area contributed by atoms with Gasteiger partial charge in [-0.05, 0) is 62.3 Å². The minimum atomic E-state index is -0.229. The molecule has 1 amide bonds. The molecule has 2 bridgehead atoms. The molecule has 3 heterocycles. The van der Waals surface area contributed by atoms with Gasteiger partial charge >= 0.3 is 6.09 Å². The Kier molecular flexibility index (Phi) is 5.55. The lowest BCUT2D eigenvalue weighted by Gasteiger charge is -2.43. The molecule has 34 heavy (non-hydrogen) atoms. The molecule has 2 aliphatic carbocycles. The molecule has 2 fully saturated rings. The van der Waals surface area contributed by atoms with E-state index in [0.29, 0.717) is 13.1 Å². The monoisotopic (exact) mass is 476 g/mol. The standard InChI is InChI=1S/C27H32N4O2S/c1-3-14-33-26(32)30-16-19-8-9-20(17-30)31(19)24-21-11-13-27(15-23(21)28-25(29-24)34-2)12-10-18-6-4-5-7-22(18)27/h3-7,19-20H,1,8-17H2,2H3. The molecule has 2 aromatic rings. The lowest BCUT2D eigenvalue weighted by Crippen LogP contribution is -2.56. The average Bonchev–Trinajstić information content (AvgIpc) is 3.34. The fourth-order valence-corrected chi connectivity index (χ4v) is 7.18. The van der Waals surface area contributed by atoms with Gasteiger partial charge in [0.05, 0.1) is 5.69 Å². The molecule has 0 radical (unpaired) electrons. The van der Waals surface area contributed by atoms with Gasteiger partial charge in [0.2, 0.25) is 0 Å². The third-order valence-corrected chi connectivity index (χ3v) is 8.91. The van der Waals surface area contributed by atoms with Crippen LogP contribution in [0.5, 0.6) is 0 Å². The van der Waals surface area contributed by atoms with Crippen LogP contribution in [0.3, 0.4) is 0 Å². The predicted octanol–water partition coefficient (Wildman–Crippen LogP) is 4.55. The SMILES string of the molecule is C=CCOC(=O)N1CC2CCC(C1)N2c1nc(SC)nc2c1CCC1(CCc3ccccc31)C2. The van der Waals surface area contributed by atoms with Crippen molar-refractivity contribution < 1.29 is 9.53 Å². The van der Waals surface area contributed by atoms with Crippen LogP contribution in [0.2, 0.25) is 0 Å². The minimum absolute atomic E-state index is 0.220. The number of anilines is 1. The number of nitrogens with zero attached hydrogens (tertiary/aromatic N) is 4. The van der Waals surface area contributed by atoms with Crippen LogP contribution in [0.15, 0.2) is 42.1 Å². The number of aromatic nitrogens is 2. The number of hydrogen-bond donors (Lipinski definition) is 0. The van der Waals surface area contributed by atoms with Gasteiger partial charge in [-0.1, -0.05) is 48.7 Å². The van der Waals surface area contributed by atoms with E-state index in [0.717, 1.165) is 43.1 Å². The molecule has 1 aromatic carbocycles. The van der Waals surface area contributed by atoms with E-state index in [2.05, 4.69) is 42.0 Å². The molecule has 7 heteroatoms. The quantitative estimate of drug-likeness (QED) is 0.367. The summed E-state index contributed by atoms with van der Waals surface area (Å²) < 4.78 is 5.33. The van der Waals surface area contributed by atoms with Gasteiger partial charge in [0, 0.05) is 36.2 Å². The van der Waals surface area contributed by atoms with Crippen LogP contribution < -0.4 is 4.90 Å². The highest BCUT2D eigenvalue weighted by Gasteiger charge is 2.46. The van der Waals surface area contributed by atoms with Crippen LogP contribution in [0.4, 0.5) is 10.6 Å². The van der Waals surface area contributed by atoms with Crippen molar-refractivity contribution in [1.29, 1.82) is 0 Å². The Balaban J connectivity index is 1.32. The number of hydrogen-bond acceptors (Lipinski definition) is 6. The first-order valence-corrected chi connectivity index (χ1v) is 13.7. The fraction of sp³-hybridized carbons (Fsp3) is 0.519. The van der Waals surface area contributed by atoms with E-state index in [9.17, 15) is 4.79 Å². The summed E-state index contributed by atoms with van der Waals surface area (Å²) in [5.41, 5.74) is 5.86. The van der Waals surface area contributed by atoms with Crippen LogP contribution in [-0.4, -0.2) is 59.0 Å². The van der Waals surface area contributed by atoms with Gasteiger partial charge in [-0.3, -0.25) is 0 Å². The molecule has 3 atom stereocenters. The molecular formula is C27H32N4O2S. The topological polar surface area (TPSA) is 58.6 Å². The van der Waals surface area contributed by atoms with Crippen molar-refractivity contribution in [2.45, 2.75) is 67.6 Å². The molecule has 4 aliphatic rings. The molecule has 2 aliphatic heterocycles. The Hall–Kier alpha value is -2.54. The Morgan fingerprint density at radius 3 is 2.74 bits per heavy atom. The summed E-state index contributed by atoms with van der Waals surface area (Å²) in [7, 11) is 0. The molecule has 1 aromatic heterocycles. The van der Waals surface area contributed by atoms with Crippen LogP contribution in [0, 0.1) is 0 Å². The summed E-state index contributed by atoms with van der Waals surface area (Å²) in [4.78, 5) is 27.0. The van der Waals surface area contributed by atoms with E-state index >= 15 is 0 Å². The van der Waals surface area contributed by atoms with E-state index in [1.807, 2.05) is 4.90 Å². The second-order valence-corrected chi connectivity index (χ2v) is 10.9. The first kappa shape index (κ1) is 22.0. The van der Waals surface area contributed by atoms with E-state index < -0.39 is 0 Å². The second-order valence-electron chi connectivity index (χ2n) is 10.1. The van der Waals surface area contributed by atoms with E-state index in [-0.39, 0.29) is 30.2 Å². The normalized spacial score (nSPS) is 27.0. The van der Waals surface area contributed by atoms with E-state index in [4.69, 9.17) is 14.7 Å². The number of benzene rings is 1. The molecule has 1 spiro atoms. The number of carbonyl (C=O) groups excluding carboxylic acids is 1. The Bertz CT molecular complexity index is 1120. The van der Waals surface area contributed by atoms with E-state index in [1.54, 1.807) is 23.4 Å². The molecular weight excluding hydrogens is 444 g/mol. The number of likely N-dealkylation sites (tertiary alicyclic amines) is 1. The van der Waals surface area contributed by atoms with Crippen LogP contribution in [0.1, 0.15) is 48.1 Å². The zero-order valence-electron chi connectivity index (χ0n) is 19.8. The fourth-order valence-electron chi connectivity index (χ4n) is 6.80. The smallest absolute Gasteiger partial charge is 0.410 e. The van der Waals surface area contributed by atoms with Crippen molar-refractivity contribution in [1.82, 2.24) is 14.9 Å². The predicted molar refractivity (Wildman–Crippen MR) is 135 cm³/mol. The van der Waals surface area contributed by atoms with Gasteiger partial charge in [-0.25, -0.2) is 14.8 Å². The molecule has 3 unspecified atom stereocenters. The van der Waals surface area contributed by atoms with Crippen molar-refractivity contribution in [2.24, 2.45) is 0 Å². The van der Waals surface area contributed by atoms with Crippen LogP contribution in [-0.2, 0) is 29.4 Å². The van der Waals surface area contributed by atoms with Crippen LogP contribution in [0.25, 0.3) is 0 Å². The van der Waals surface area contributed by atoms with Gasteiger partial charge in [0.25, 0.3) is 0 Å². The van der Waals surface area contributed by atoms with Crippen molar-refractivity contribution in [3.05, 3.63) is 59.3 Å². The Morgan fingerprint density at radius 1 is 1.21 bits per heavy atom. The molecule has 0 N–H and O–H groups in total. The highest BCUT2D eigenvalue weighted by molar-refractivity contribution is 7.98. The largest absolute Gasteiger partial charge is 0.445 e. The summed E-state index contributed by atoms with van der Waals surface area (Å²) >= 11 is 1.63. The lowest BCUT2D eigenvalue weighted by atomic mass is 9.69. The molecule has 178 valence electrons. The second kappa shape index (κ2) is 8.59. The summed E-state index contributed by atoms with van der Waals surface area (Å²) in [6.45, 7) is 5.29. The maximum Gasteiger partial charge on any atom is 0.410 e.